The number of rotatable bonds is 2. The molecule has 2 fully saturated rings. The normalized spacial score (nSPS) is 23.7. The fraction of sp³-hybridized carbons (Fsp3) is 0.692. The van der Waals surface area contributed by atoms with E-state index in [-0.39, 0.29) is 23.2 Å². The van der Waals surface area contributed by atoms with Crippen LogP contribution in [0.25, 0.3) is 0 Å². The molecule has 7 heteroatoms. The molecule has 0 bridgehead atoms. The van der Waals surface area contributed by atoms with Crippen molar-refractivity contribution in [2.45, 2.75) is 19.3 Å². The zero-order chi connectivity index (χ0) is 14.3. The van der Waals surface area contributed by atoms with Crippen LogP contribution in [0.15, 0.2) is 6.20 Å². The monoisotopic (exact) mass is 278 g/mol. The Labute approximate surface area is 116 Å². The van der Waals surface area contributed by atoms with E-state index in [0.29, 0.717) is 18.8 Å². The highest BCUT2D eigenvalue weighted by Crippen LogP contribution is 2.59. The summed E-state index contributed by atoms with van der Waals surface area (Å²) in [5.41, 5.74) is 0.454. The molecule has 1 spiro atoms. The van der Waals surface area contributed by atoms with Crippen molar-refractivity contribution in [1.29, 1.82) is 0 Å². The molecular formula is C13H18N4O3. The minimum atomic E-state index is -0.112. The zero-order valence-corrected chi connectivity index (χ0v) is 11.7. The Kier molecular flexibility index (Phi) is 2.99. The van der Waals surface area contributed by atoms with Crippen LogP contribution in [0.2, 0.25) is 0 Å². The number of piperidine rings is 1. The summed E-state index contributed by atoms with van der Waals surface area (Å²) < 4.78 is 6.33. The van der Waals surface area contributed by atoms with Crippen LogP contribution in [-0.4, -0.2) is 52.0 Å². The number of amides is 1. The molecule has 20 heavy (non-hydrogen) atoms. The third-order valence-corrected chi connectivity index (χ3v) is 4.54. The molecule has 2 heterocycles. The van der Waals surface area contributed by atoms with Gasteiger partial charge in [-0.15, -0.1) is 5.10 Å². The second-order valence-corrected chi connectivity index (χ2v) is 5.71. The van der Waals surface area contributed by atoms with Crippen LogP contribution in [0.4, 0.5) is 0 Å². The average molecular weight is 278 g/mol. The molecule has 3 rings (SSSR count). The Hall–Kier alpha value is -1.92. The molecule has 1 aliphatic carbocycles. The number of aromatic nitrogens is 3. The highest BCUT2D eigenvalue weighted by atomic mass is 16.5. The van der Waals surface area contributed by atoms with Crippen LogP contribution >= 0.6 is 0 Å². The number of likely N-dealkylation sites (tertiary alicyclic amines) is 1. The predicted molar refractivity (Wildman–Crippen MR) is 68.7 cm³/mol. The van der Waals surface area contributed by atoms with Gasteiger partial charge in [0.25, 0.3) is 5.91 Å². The molecule has 1 saturated heterocycles. The van der Waals surface area contributed by atoms with Gasteiger partial charge in [0.1, 0.15) is 0 Å². The van der Waals surface area contributed by atoms with Crippen LogP contribution in [0.3, 0.4) is 0 Å². The van der Waals surface area contributed by atoms with Crippen molar-refractivity contribution in [1.82, 2.24) is 19.9 Å². The fourth-order valence-electron chi connectivity index (χ4n) is 3.14. The van der Waals surface area contributed by atoms with E-state index >= 15 is 0 Å². The quantitative estimate of drug-likeness (QED) is 0.724. The van der Waals surface area contributed by atoms with Crippen molar-refractivity contribution in [2.75, 3.05) is 20.2 Å². The summed E-state index contributed by atoms with van der Waals surface area (Å²) in [6, 6.07) is 0. The molecule has 1 aromatic heterocycles. The molecular weight excluding hydrogens is 260 g/mol. The van der Waals surface area contributed by atoms with Crippen LogP contribution < -0.4 is 0 Å². The summed E-state index contributed by atoms with van der Waals surface area (Å²) in [7, 11) is 3.17. The number of nitrogens with zero attached hydrogens (tertiary/aromatic N) is 4. The lowest BCUT2D eigenvalue weighted by Gasteiger charge is -2.32. The van der Waals surface area contributed by atoms with Crippen molar-refractivity contribution in [3.8, 4) is 0 Å². The van der Waals surface area contributed by atoms with Gasteiger partial charge in [-0.2, -0.15) is 0 Å². The molecule has 1 unspecified atom stereocenters. The van der Waals surface area contributed by atoms with Crippen LogP contribution in [0.5, 0.6) is 0 Å². The van der Waals surface area contributed by atoms with Gasteiger partial charge in [-0.3, -0.25) is 14.3 Å². The maximum absolute atomic E-state index is 12.2. The molecule has 7 nitrogen and oxygen atoms in total. The second-order valence-electron chi connectivity index (χ2n) is 5.71. The highest BCUT2D eigenvalue weighted by molar-refractivity contribution is 5.92. The molecule has 1 aliphatic heterocycles. The molecule has 1 aromatic rings. The van der Waals surface area contributed by atoms with Crippen LogP contribution in [0, 0.1) is 11.3 Å². The summed E-state index contributed by atoms with van der Waals surface area (Å²) in [4.78, 5) is 25.6. The van der Waals surface area contributed by atoms with Gasteiger partial charge in [-0.1, -0.05) is 5.21 Å². The minimum absolute atomic E-state index is 0.0290. The molecule has 1 saturated carbocycles. The first-order valence-electron chi connectivity index (χ1n) is 6.79. The Morgan fingerprint density at radius 2 is 2.10 bits per heavy atom. The van der Waals surface area contributed by atoms with Gasteiger partial charge in [0, 0.05) is 20.1 Å². The number of hydrogen-bond acceptors (Lipinski definition) is 5. The third kappa shape index (κ3) is 2.07. The first-order valence-corrected chi connectivity index (χ1v) is 6.79. The predicted octanol–water partition coefficient (Wildman–Crippen LogP) is 0.230. The van der Waals surface area contributed by atoms with Gasteiger partial charge in [-0.05, 0) is 24.7 Å². The molecule has 1 atom stereocenters. The average Bonchev–Trinajstić information content (AvgIpc) is 2.97. The standard InChI is InChI=1S/C13H18N4O3/c1-16-8-10(14-15-16)11(18)17-5-3-13(4-6-17)7-9(13)12(19)20-2/h8-9H,3-7H2,1-2H3. The smallest absolute Gasteiger partial charge is 0.309 e. The number of hydrogen-bond donors (Lipinski definition) is 0. The SMILES string of the molecule is COC(=O)C1CC12CCN(C(=O)c1cn(C)nn1)CC2. The van der Waals surface area contributed by atoms with Crippen molar-refractivity contribution in [3.63, 3.8) is 0 Å². The first-order chi connectivity index (χ1) is 9.55. The molecule has 0 aromatic carbocycles. The van der Waals surface area contributed by atoms with E-state index < -0.39 is 0 Å². The molecule has 0 N–H and O–H groups in total. The van der Waals surface area contributed by atoms with Crippen molar-refractivity contribution >= 4 is 11.9 Å². The van der Waals surface area contributed by atoms with Gasteiger partial charge in [-0.25, -0.2) is 0 Å². The van der Waals surface area contributed by atoms with E-state index in [4.69, 9.17) is 4.74 Å². The maximum Gasteiger partial charge on any atom is 0.309 e. The highest BCUT2D eigenvalue weighted by Gasteiger charge is 2.59. The minimum Gasteiger partial charge on any atom is -0.469 e. The Morgan fingerprint density at radius 1 is 1.40 bits per heavy atom. The summed E-state index contributed by atoms with van der Waals surface area (Å²) in [6.07, 6.45) is 4.24. The van der Waals surface area contributed by atoms with Crippen LogP contribution in [0.1, 0.15) is 29.8 Å². The van der Waals surface area contributed by atoms with E-state index in [1.54, 1.807) is 18.1 Å². The molecule has 108 valence electrons. The van der Waals surface area contributed by atoms with E-state index in [1.807, 2.05) is 0 Å². The van der Waals surface area contributed by atoms with Crippen molar-refractivity contribution < 1.29 is 14.3 Å². The van der Waals surface area contributed by atoms with Gasteiger partial charge in [0.2, 0.25) is 0 Å². The number of carbonyl (C=O) groups is 2. The lowest BCUT2D eigenvalue weighted by Crippen LogP contribution is -2.40. The topological polar surface area (TPSA) is 77.3 Å². The lowest BCUT2D eigenvalue weighted by molar-refractivity contribution is -0.143. The Bertz CT molecular complexity index is 546. The maximum atomic E-state index is 12.2. The second kappa shape index (κ2) is 4.57. The summed E-state index contributed by atoms with van der Waals surface area (Å²) >= 11 is 0. The molecule has 0 radical (unpaired) electrons. The summed E-state index contributed by atoms with van der Waals surface area (Å²) in [5, 5.41) is 7.62. The lowest BCUT2D eigenvalue weighted by atomic mass is 9.90. The van der Waals surface area contributed by atoms with Crippen LogP contribution in [-0.2, 0) is 16.6 Å². The Morgan fingerprint density at radius 3 is 2.65 bits per heavy atom. The number of aryl methyl sites for hydroxylation is 1. The van der Waals surface area contributed by atoms with Crippen molar-refractivity contribution in [2.24, 2.45) is 18.4 Å². The van der Waals surface area contributed by atoms with E-state index in [0.717, 1.165) is 19.3 Å². The van der Waals surface area contributed by atoms with Crippen molar-refractivity contribution in [3.05, 3.63) is 11.9 Å². The zero-order valence-electron chi connectivity index (χ0n) is 11.7. The summed E-state index contributed by atoms with van der Waals surface area (Å²) in [6.45, 7) is 1.34. The third-order valence-electron chi connectivity index (χ3n) is 4.54. The number of methoxy groups -OCH3 is 1. The fourth-order valence-corrected chi connectivity index (χ4v) is 3.14. The van der Waals surface area contributed by atoms with E-state index in [1.165, 1.54) is 11.8 Å². The van der Waals surface area contributed by atoms with Gasteiger partial charge in [0.15, 0.2) is 5.69 Å². The van der Waals surface area contributed by atoms with Gasteiger partial charge in [0.05, 0.1) is 19.2 Å². The van der Waals surface area contributed by atoms with Gasteiger partial charge >= 0.3 is 5.97 Å². The molecule has 2 aliphatic rings. The molecule has 1 amide bonds. The largest absolute Gasteiger partial charge is 0.469 e. The summed E-state index contributed by atoms with van der Waals surface area (Å²) in [5.74, 6) is -0.164. The number of esters is 1. The first kappa shape index (κ1) is 13.1. The number of carbonyl (C=O) groups excluding carboxylic acids is 2. The van der Waals surface area contributed by atoms with Gasteiger partial charge < -0.3 is 9.64 Å². The Balaban J connectivity index is 1.60. The van der Waals surface area contributed by atoms with E-state index in [9.17, 15) is 9.59 Å². The van der Waals surface area contributed by atoms with E-state index in [2.05, 4.69) is 10.3 Å². The number of ether oxygens (including phenoxy) is 1.